The lowest BCUT2D eigenvalue weighted by Gasteiger charge is -2.38. The van der Waals surface area contributed by atoms with E-state index in [0.717, 1.165) is 48.5 Å². The van der Waals surface area contributed by atoms with E-state index in [9.17, 15) is 39.5 Å². The number of nitrogens with zero attached hydrogens (tertiary/aromatic N) is 5. The summed E-state index contributed by atoms with van der Waals surface area (Å²) in [6.45, 7) is 3.95. The molecule has 0 aromatic carbocycles. The van der Waals surface area contributed by atoms with Crippen molar-refractivity contribution in [2.24, 2.45) is 0 Å². The van der Waals surface area contributed by atoms with E-state index in [1.807, 2.05) is 30.9 Å². The van der Waals surface area contributed by atoms with Gasteiger partial charge in [-0.05, 0) is 30.8 Å². The standard InChI is InChI=1S/C22H23N5O.3C2HF3O2/c1-25-8-9-26(12-17-6-10-28-15-17)14-21(25)22-20-5-4-19(13-27(20)16-24-22)18-3-2-7-23-11-18;3*3-2(4,5)1(6)7/h2-7,10-11,13,15-16,21H,8-9,12,14H2,1H3;3*(H,6,7). The van der Waals surface area contributed by atoms with Gasteiger partial charge in [-0.2, -0.15) is 39.5 Å². The van der Waals surface area contributed by atoms with Crippen molar-refractivity contribution in [1.29, 1.82) is 0 Å². The number of aromatic nitrogens is 3. The Hall–Kier alpha value is -5.18. The number of carbonyl (C=O) groups is 3. The summed E-state index contributed by atoms with van der Waals surface area (Å²) in [5, 5.41) is 21.4. The number of hydrogen-bond acceptors (Lipinski definition) is 8. The Kier molecular flexibility index (Phi) is 13.7. The molecule has 0 bridgehead atoms. The van der Waals surface area contributed by atoms with Gasteiger partial charge in [0.25, 0.3) is 0 Å². The van der Waals surface area contributed by atoms with Gasteiger partial charge in [0.15, 0.2) is 0 Å². The average molecular weight is 716 g/mol. The van der Waals surface area contributed by atoms with Crippen molar-refractivity contribution in [3.63, 3.8) is 0 Å². The SMILES string of the molecule is CN1CCN(Cc2ccoc2)CC1c1ncn2cc(-c3cccnc3)ccc12.O=C(O)C(F)(F)F.O=C(O)C(F)(F)F.O=C(O)C(F)(F)F. The van der Waals surface area contributed by atoms with Crippen LogP contribution in [0.4, 0.5) is 39.5 Å². The lowest BCUT2D eigenvalue weighted by molar-refractivity contribution is -0.193. The number of pyridine rings is 2. The van der Waals surface area contributed by atoms with E-state index in [-0.39, 0.29) is 6.04 Å². The minimum atomic E-state index is -5.08. The summed E-state index contributed by atoms with van der Waals surface area (Å²) in [6, 6.07) is 10.7. The maximum Gasteiger partial charge on any atom is 0.490 e. The molecule has 21 heteroatoms. The van der Waals surface area contributed by atoms with E-state index in [1.165, 1.54) is 5.56 Å². The molecule has 1 atom stereocenters. The molecule has 1 saturated heterocycles. The fraction of sp³-hybridized carbons (Fsp3) is 0.321. The molecule has 12 nitrogen and oxygen atoms in total. The molecule has 0 saturated carbocycles. The van der Waals surface area contributed by atoms with Crippen LogP contribution < -0.4 is 0 Å². The molecule has 49 heavy (non-hydrogen) atoms. The Balaban J connectivity index is 0.000000325. The predicted octanol–water partition coefficient (Wildman–Crippen LogP) is 5.38. The normalized spacial score (nSPS) is 15.5. The van der Waals surface area contributed by atoms with E-state index in [2.05, 4.69) is 50.6 Å². The van der Waals surface area contributed by atoms with Crippen LogP contribution >= 0.6 is 0 Å². The number of rotatable bonds is 4. The topological polar surface area (TPSA) is 162 Å². The first-order chi connectivity index (χ1) is 22.6. The third-order valence-corrected chi connectivity index (χ3v) is 6.32. The van der Waals surface area contributed by atoms with Crippen molar-refractivity contribution in [3.8, 4) is 11.1 Å². The summed E-state index contributed by atoms with van der Waals surface area (Å²) in [5.74, 6) is -8.27. The molecule has 4 aromatic rings. The van der Waals surface area contributed by atoms with E-state index < -0.39 is 36.4 Å². The molecule has 0 amide bonds. The van der Waals surface area contributed by atoms with Gasteiger partial charge in [-0.25, -0.2) is 19.4 Å². The number of aliphatic carboxylic acids is 3. The Morgan fingerprint density at radius 2 is 1.43 bits per heavy atom. The molecule has 4 aromatic heterocycles. The number of alkyl halides is 9. The van der Waals surface area contributed by atoms with Gasteiger partial charge in [0.2, 0.25) is 0 Å². The van der Waals surface area contributed by atoms with E-state index in [4.69, 9.17) is 39.1 Å². The molecule has 1 fully saturated rings. The number of halogens is 9. The Morgan fingerprint density at radius 3 is 1.90 bits per heavy atom. The molecule has 1 aliphatic heterocycles. The Bertz CT molecular complexity index is 1600. The largest absolute Gasteiger partial charge is 0.490 e. The fourth-order valence-corrected chi connectivity index (χ4v) is 3.99. The number of carboxylic acids is 3. The second kappa shape index (κ2) is 16.8. The number of imidazole rings is 1. The van der Waals surface area contributed by atoms with E-state index in [0.29, 0.717) is 0 Å². The maximum absolute atomic E-state index is 10.6. The molecule has 1 unspecified atom stereocenters. The van der Waals surface area contributed by atoms with Gasteiger partial charge in [-0.1, -0.05) is 12.1 Å². The lowest BCUT2D eigenvalue weighted by atomic mass is 10.1. The van der Waals surface area contributed by atoms with Crippen LogP contribution in [0.25, 0.3) is 16.6 Å². The highest BCUT2D eigenvalue weighted by molar-refractivity contribution is 5.73. The third kappa shape index (κ3) is 12.7. The maximum atomic E-state index is 10.6. The van der Waals surface area contributed by atoms with E-state index in [1.54, 1.807) is 12.5 Å². The number of furan rings is 1. The Morgan fingerprint density at radius 1 is 0.857 bits per heavy atom. The average Bonchev–Trinajstić information content (AvgIpc) is 3.68. The molecule has 268 valence electrons. The highest BCUT2D eigenvalue weighted by Gasteiger charge is 2.39. The fourth-order valence-electron chi connectivity index (χ4n) is 3.99. The summed E-state index contributed by atoms with van der Waals surface area (Å²) in [5.41, 5.74) is 5.77. The van der Waals surface area contributed by atoms with Crippen molar-refractivity contribution in [2.45, 2.75) is 31.1 Å². The second-order valence-electron chi connectivity index (χ2n) is 9.85. The van der Waals surface area contributed by atoms with Gasteiger partial charge in [-0.15, -0.1) is 0 Å². The number of piperazine rings is 1. The quantitative estimate of drug-likeness (QED) is 0.233. The second-order valence-corrected chi connectivity index (χ2v) is 9.85. The van der Waals surface area contributed by atoms with Crippen LogP contribution in [-0.4, -0.2) is 103 Å². The van der Waals surface area contributed by atoms with Crippen molar-refractivity contribution in [3.05, 3.63) is 79.0 Å². The zero-order valence-corrected chi connectivity index (χ0v) is 24.9. The minimum absolute atomic E-state index is 0.273. The van der Waals surface area contributed by atoms with Gasteiger partial charge in [-0.3, -0.25) is 14.8 Å². The third-order valence-electron chi connectivity index (χ3n) is 6.32. The van der Waals surface area contributed by atoms with Gasteiger partial charge in [0.1, 0.15) is 0 Å². The van der Waals surface area contributed by atoms with Crippen LogP contribution in [-0.2, 0) is 20.9 Å². The molecular formula is C28H26F9N5O7. The predicted molar refractivity (Wildman–Crippen MR) is 149 cm³/mol. The van der Waals surface area contributed by atoms with Crippen molar-refractivity contribution in [2.75, 3.05) is 26.7 Å². The summed E-state index contributed by atoms with van der Waals surface area (Å²) < 4.78 is 103. The van der Waals surface area contributed by atoms with Gasteiger partial charge < -0.3 is 24.1 Å². The number of likely N-dealkylation sites (N-methyl/N-ethyl adjacent to an activating group) is 1. The summed E-state index contributed by atoms with van der Waals surface area (Å²) in [6.07, 6.45) is -3.93. The van der Waals surface area contributed by atoms with Crippen LogP contribution in [0.5, 0.6) is 0 Å². The molecule has 5 rings (SSSR count). The first kappa shape index (κ1) is 40.0. The molecule has 5 heterocycles. The highest BCUT2D eigenvalue weighted by atomic mass is 19.4. The molecule has 3 N–H and O–H groups in total. The lowest BCUT2D eigenvalue weighted by Crippen LogP contribution is -2.46. The van der Waals surface area contributed by atoms with Gasteiger partial charge >= 0.3 is 36.4 Å². The first-order valence-electron chi connectivity index (χ1n) is 13.3. The Labute approximate surface area is 269 Å². The van der Waals surface area contributed by atoms with Crippen LogP contribution in [0.1, 0.15) is 17.3 Å². The van der Waals surface area contributed by atoms with E-state index >= 15 is 0 Å². The van der Waals surface area contributed by atoms with Gasteiger partial charge in [0.05, 0.1) is 36.1 Å². The van der Waals surface area contributed by atoms with Crippen LogP contribution in [0.15, 0.2) is 72.2 Å². The van der Waals surface area contributed by atoms with Crippen LogP contribution in [0, 0.1) is 0 Å². The van der Waals surface area contributed by atoms with Crippen molar-refractivity contribution >= 4 is 23.4 Å². The zero-order chi connectivity index (χ0) is 37.2. The van der Waals surface area contributed by atoms with Gasteiger partial charge in [0, 0.05) is 55.9 Å². The minimum Gasteiger partial charge on any atom is -0.475 e. The zero-order valence-electron chi connectivity index (χ0n) is 24.9. The molecule has 1 aliphatic rings. The summed E-state index contributed by atoms with van der Waals surface area (Å²) >= 11 is 0. The van der Waals surface area contributed by atoms with Crippen LogP contribution in [0.3, 0.4) is 0 Å². The first-order valence-corrected chi connectivity index (χ1v) is 13.3. The summed E-state index contributed by atoms with van der Waals surface area (Å²) in [7, 11) is 2.19. The molecule has 0 radical (unpaired) electrons. The summed E-state index contributed by atoms with van der Waals surface area (Å²) in [4.78, 5) is 40.6. The van der Waals surface area contributed by atoms with Crippen molar-refractivity contribution in [1.82, 2.24) is 24.2 Å². The monoisotopic (exact) mass is 715 g/mol. The number of hydrogen-bond donors (Lipinski definition) is 3. The molecule has 0 spiro atoms. The molecular weight excluding hydrogens is 689 g/mol. The number of fused-ring (bicyclic) bond motifs is 1. The number of carboxylic acid groups (broad SMARTS) is 3. The smallest absolute Gasteiger partial charge is 0.475 e. The van der Waals surface area contributed by atoms with Crippen LogP contribution in [0.2, 0.25) is 0 Å². The van der Waals surface area contributed by atoms with Crippen molar-refractivity contribution < 1.29 is 73.6 Å². The highest BCUT2D eigenvalue weighted by Crippen LogP contribution is 2.29. The molecule has 0 aliphatic carbocycles.